The van der Waals surface area contributed by atoms with E-state index in [0.29, 0.717) is 6.61 Å². The highest BCUT2D eigenvalue weighted by atomic mass is 16.5. The molecule has 0 aliphatic carbocycles. The SMILES string of the molecule is CCOc1ccc(C2(C(C)=O)CCN(C)CC2)cc1. The predicted molar refractivity (Wildman–Crippen MR) is 76.7 cm³/mol. The number of benzene rings is 1. The number of Topliss-reactive ketones (excluding diaryl/α,β-unsaturated/α-hetero) is 1. The first-order chi connectivity index (χ1) is 9.08. The van der Waals surface area contributed by atoms with E-state index in [0.717, 1.165) is 37.2 Å². The van der Waals surface area contributed by atoms with Crippen molar-refractivity contribution in [2.75, 3.05) is 26.7 Å². The maximum absolute atomic E-state index is 12.2. The fourth-order valence-corrected chi connectivity index (χ4v) is 2.88. The Morgan fingerprint density at radius 3 is 2.32 bits per heavy atom. The van der Waals surface area contributed by atoms with Crippen LogP contribution in [0.2, 0.25) is 0 Å². The number of rotatable bonds is 4. The van der Waals surface area contributed by atoms with Crippen molar-refractivity contribution in [3.05, 3.63) is 29.8 Å². The first-order valence-corrected chi connectivity index (χ1v) is 7.01. The normalized spacial score (nSPS) is 19.1. The van der Waals surface area contributed by atoms with Crippen LogP contribution in [0.25, 0.3) is 0 Å². The molecule has 0 aromatic heterocycles. The first kappa shape index (κ1) is 14.1. The Balaban J connectivity index is 2.26. The Morgan fingerprint density at radius 1 is 1.26 bits per heavy atom. The predicted octanol–water partition coefficient (Wildman–Crippen LogP) is 2.64. The molecule has 1 saturated heterocycles. The molecule has 0 spiro atoms. The fraction of sp³-hybridized carbons (Fsp3) is 0.562. The fourth-order valence-electron chi connectivity index (χ4n) is 2.88. The lowest BCUT2D eigenvalue weighted by molar-refractivity contribution is -0.124. The van der Waals surface area contributed by atoms with Gasteiger partial charge in [-0.3, -0.25) is 4.79 Å². The van der Waals surface area contributed by atoms with Gasteiger partial charge in [0.05, 0.1) is 12.0 Å². The van der Waals surface area contributed by atoms with E-state index < -0.39 is 0 Å². The second-order valence-electron chi connectivity index (χ2n) is 5.40. The quantitative estimate of drug-likeness (QED) is 0.834. The van der Waals surface area contributed by atoms with Gasteiger partial charge >= 0.3 is 0 Å². The number of carbonyl (C=O) groups excluding carboxylic acids is 1. The Labute approximate surface area is 115 Å². The van der Waals surface area contributed by atoms with Crippen molar-refractivity contribution in [2.45, 2.75) is 32.1 Å². The molecule has 1 aromatic rings. The van der Waals surface area contributed by atoms with Crippen LogP contribution in [0, 0.1) is 0 Å². The topological polar surface area (TPSA) is 29.5 Å². The smallest absolute Gasteiger partial charge is 0.140 e. The number of hydrogen-bond donors (Lipinski definition) is 0. The zero-order valence-electron chi connectivity index (χ0n) is 12.1. The number of ether oxygens (including phenoxy) is 1. The summed E-state index contributed by atoms with van der Waals surface area (Å²) in [7, 11) is 2.11. The van der Waals surface area contributed by atoms with Gasteiger partial charge in [0.1, 0.15) is 11.5 Å². The largest absolute Gasteiger partial charge is 0.494 e. The zero-order valence-corrected chi connectivity index (χ0v) is 12.1. The molecule has 3 heteroatoms. The monoisotopic (exact) mass is 261 g/mol. The molecule has 1 fully saturated rings. The minimum atomic E-state index is -0.294. The van der Waals surface area contributed by atoms with E-state index in [4.69, 9.17) is 4.74 Å². The number of piperidine rings is 1. The van der Waals surface area contributed by atoms with Gasteiger partial charge in [-0.1, -0.05) is 12.1 Å². The van der Waals surface area contributed by atoms with E-state index in [1.165, 1.54) is 0 Å². The molecule has 0 saturated carbocycles. The van der Waals surface area contributed by atoms with E-state index in [1.807, 2.05) is 19.1 Å². The van der Waals surface area contributed by atoms with Crippen LogP contribution in [0.1, 0.15) is 32.3 Å². The van der Waals surface area contributed by atoms with E-state index in [9.17, 15) is 4.79 Å². The molecule has 0 unspecified atom stereocenters. The molecule has 1 heterocycles. The highest BCUT2D eigenvalue weighted by molar-refractivity contribution is 5.88. The molecule has 1 aliphatic rings. The van der Waals surface area contributed by atoms with Crippen molar-refractivity contribution >= 4 is 5.78 Å². The summed E-state index contributed by atoms with van der Waals surface area (Å²) in [6.45, 7) is 6.32. The summed E-state index contributed by atoms with van der Waals surface area (Å²) in [4.78, 5) is 14.5. The van der Waals surface area contributed by atoms with Crippen molar-refractivity contribution in [3.63, 3.8) is 0 Å². The van der Waals surface area contributed by atoms with Gasteiger partial charge in [-0.05, 0) is 64.5 Å². The number of likely N-dealkylation sites (tertiary alicyclic amines) is 1. The molecule has 19 heavy (non-hydrogen) atoms. The van der Waals surface area contributed by atoms with Gasteiger partial charge in [0.15, 0.2) is 0 Å². The van der Waals surface area contributed by atoms with Crippen LogP contribution in [-0.4, -0.2) is 37.4 Å². The summed E-state index contributed by atoms with van der Waals surface area (Å²) in [5.74, 6) is 1.16. The molecule has 0 N–H and O–H groups in total. The minimum absolute atomic E-state index is 0.282. The molecule has 0 radical (unpaired) electrons. The zero-order chi connectivity index (χ0) is 13.9. The highest BCUT2D eigenvalue weighted by Crippen LogP contribution is 2.36. The average Bonchev–Trinajstić information content (AvgIpc) is 2.41. The second kappa shape index (κ2) is 5.74. The maximum atomic E-state index is 12.2. The lowest BCUT2D eigenvalue weighted by Crippen LogP contribution is -2.45. The van der Waals surface area contributed by atoms with Crippen LogP contribution >= 0.6 is 0 Å². The molecule has 0 bridgehead atoms. The lowest BCUT2D eigenvalue weighted by Gasteiger charge is -2.39. The number of hydrogen-bond acceptors (Lipinski definition) is 3. The van der Waals surface area contributed by atoms with Gasteiger partial charge in [0.2, 0.25) is 0 Å². The third-order valence-electron chi connectivity index (χ3n) is 4.23. The van der Waals surface area contributed by atoms with Gasteiger partial charge in [0.25, 0.3) is 0 Å². The highest BCUT2D eigenvalue weighted by Gasteiger charge is 2.39. The van der Waals surface area contributed by atoms with Crippen molar-refractivity contribution in [1.29, 1.82) is 0 Å². The van der Waals surface area contributed by atoms with Crippen LogP contribution in [0.5, 0.6) is 5.75 Å². The third-order valence-corrected chi connectivity index (χ3v) is 4.23. The molecule has 0 atom stereocenters. The van der Waals surface area contributed by atoms with Crippen LogP contribution in [0.4, 0.5) is 0 Å². The summed E-state index contributed by atoms with van der Waals surface area (Å²) in [5.41, 5.74) is 0.841. The standard InChI is InChI=1S/C16H23NO2/c1-4-19-15-7-5-14(6-8-15)16(13(2)18)9-11-17(3)12-10-16/h5-8H,4,9-12H2,1-3H3. The Hall–Kier alpha value is -1.35. The molecule has 0 amide bonds. The number of ketones is 1. The number of carbonyl (C=O) groups is 1. The Bertz CT molecular complexity index is 431. The van der Waals surface area contributed by atoms with Gasteiger partial charge in [0, 0.05) is 0 Å². The minimum Gasteiger partial charge on any atom is -0.494 e. The summed E-state index contributed by atoms with van der Waals surface area (Å²) in [6.07, 6.45) is 1.82. The maximum Gasteiger partial charge on any atom is 0.140 e. The molecule has 104 valence electrons. The van der Waals surface area contributed by atoms with Gasteiger partial charge < -0.3 is 9.64 Å². The molecular weight excluding hydrogens is 238 g/mol. The van der Waals surface area contributed by atoms with Crippen molar-refractivity contribution < 1.29 is 9.53 Å². The third kappa shape index (κ3) is 2.81. The first-order valence-electron chi connectivity index (χ1n) is 7.01. The van der Waals surface area contributed by atoms with Crippen LogP contribution in [0.15, 0.2) is 24.3 Å². The van der Waals surface area contributed by atoms with Crippen LogP contribution in [-0.2, 0) is 10.2 Å². The second-order valence-corrected chi connectivity index (χ2v) is 5.40. The van der Waals surface area contributed by atoms with Gasteiger partial charge in [-0.25, -0.2) is 0 Å². The van der Waals surface area contributed by atoms with Crippen molar-refractivity contribution in [3.8, 4) is 5.75 Å². The Kier molecular flexibility index (Phi) is 4.25. The summed E-state index contributed by atoms with van der Waals surface area (Å²) >= 11 is 0. The van der Waals surface area contributed by atoms with E-state index in [2.05, 4.69) is 24.1 Å². The molecule has 1 aromatic carbocycles. The number of nitrogens with zero attached hydrogens (tertiary/aromatic N) is 1. The average molecular weight is 261 g/mol. The van der Waals surface area contributed by atoms with E-state index in [-0.39, 0.29) is 11.2 Å². The van der Waals surface area contributed by atoms with E-state index in [1.54, 1.807) is 6.92 Å². The Morgan fingerprint density at radius 2 is 1.84 bits per heavy atom. The van der Waals surface area contributed by atoms with E-state index >= 15 is 0 Å². The van der Waals surface area contributed by atoms with Crippen LogP contribution in [0.3, 0.4) is 0 Å². The molecule has 3 nitrogen and oxygen atoms in total. The molecule has 2 rings (SSSR count). The summed E-state index contributed by atoms with van der Waals surface area (Å²) in [5, 5.41) is 0. The van der Waals surface area contributed by atoms with Gasteiger partial charge in [-0.2, -0.15) is 0 Å². The summed E-state index contributed by atoms with van der Waals surface area (Å²) < 4.78 is 5.47. The molecule has 1 aliphatic heterocycles. The van der Waals surface area contributed by atoms with Gasteiger partial charge in [-0.15, -0.1) is 0 Å². The molecular formula is C16H23NO2. The van der Waals surface area contributed by atoms with Crippen molar-refractivity contribution in [1.82, 2.24) is 4.90 Å². The van der Waals surface area contributed by atoms with Crippen molar-refractivity contribution in [2.24, 2.45) is 0 Å². The van der Waals surface area contributed by atoms with Crippen LogP contribution < -0.4 is 4.74 Å². The summed E-state index contributed by atoms with van der Waals surface area (Å²) in [6, 6.07) is 8.05. The lowest BCUT2D eigenvalue weighted by atomic mass is 9.70.